The Morgan fingerprint density at radius 1 is 1.37 bits per heavy atom. The number of pyridine rings is 1. The fourth-order valence-electron chi connectivity index (χ4n) is 1.64. The molecule has 19 heavy (non-hydrogen) atoms. The predicted molar refractivity (Wildman–Crippen MR) is 75.8 cm³/mol. The molecule has 1 aromatic carbocycles. The van der Waals surface area contributed by atoms with E-state index < -0.39 is 0 Å². The van der Waals surface area contributed by atoms with Gasteiger partial charge in [0.25, 0.3) is 0 Å². The van der Waals surface area contributed by atoms with Gasteiger partial charge in [-0.05, 0) is 36.8 Å². The summed E-state index contributed by atoms with van der Waals surface area (Å²) in [6.07, 6.45) is 3.54. The Morgan fingerprint density at radius 3 is 2.79 bits per heavy atom. The van der Waals surface area contributed by atoms with Crippen LogP contribution >= 0.6 is 11.6 Å². The summed E-state index contributed by atoms with van der Waals surface area (Å²) in [5.41, 5.74) is 8.03. The van der Waals surface area contributed by atoms with Crippen LogP contribution in [0.5, 0.6) is 5.75 Å². The predicted octanol–water partition coefficient (Wildman–Crippen LogP) is 2.91. The average Bonchev–Trinajstić information content (AvgIpc) is 2.37. The number of hydrogen-bond donors (Lipinski definition) is 2. The van der Waals surface area contributed by atoms with Crippen molar-refractivity contribution in [3.8, 4) is 5.75 Å². The third-order valence-electron chi connectivity index (χ3n) is 2.57. The minimum absolute atomic E-state index is 0.0173. The topological polar surface area (TPSA) is 72.0 Å². The Labute approximate surface area is 116 Å². The summed E-state index contributed by atoms with van der Waals surface area (Å²) in [6, 6.07) is 7.04. The molecule has 4 nitrogen and oxygen atoms in total. The zero-order valence-corrected chi connectivity index (χ0v) is 11.2. The summed E-state index contributed by atoms with van der Waals surface area (Å²) in [5.74, 6) is 0.546. The number of amidine groups is 1. The minimum Gasteiger partial charge on any atom is -0.487 e. The molecule has 0 amide bonds. The van der Waals surface area contributed by atoms with Crippen LogP contribution in [0, 0.1) is 12.3 Å². The van der Waals surface area contributed by atoms with Gasteiger partial charge in [0.1, 0.15) is 18.2 Å². The van der Waals surface area contributed by atoms with Gasteiger partial charge in [-0.3, -0.25) is 10.4 Å². The highest BCUT2D eigenvalue weighted by molar-refractivity contribution is 6.32. The van der Waals surface area contributed by atoms with Gasteiger partial charge in [-0.1, -0.05) is 11.6 Å². The van der Waals surface area contributed by atoms with Crippen LogP contribution in [0.15, 0.2) is 36.7 Å². The molecule has 2 aromatic rings. The summed E-state index contributed by atoms with van der Waals surface area (Å²) in [5, 5.41) is 7.77. The Morgan fingerprint density at radius 2 is 2.16 bits per heavy atom. The molecule has 1 aromatic heterocycles. The van der Waals surface area contributed by atoms with Crippen LogP contribution in [0.3, 0.4) is 0 Å². The molecule has 0 radical (unpaired) electrons. The van der Waals surface area contributed by atoms with Crippen LogP contribution in [0.2, 0.25) is 5.02 Å². The average molecular weight is 276 g/mol. The van der Waals surface area contributed by atoms with Crippen LogP contribution in [-0.2, 0) is 6.61 Å². The molecule has 0 atom stereocenters. The van der Waals surface area contributed by atoms with Crippen molar-refractivity contribution >= 4 is 17.4 Å². The van der Waals surface area contributed by atoms with E-state index in [9.17, 15) is 0 Å². The highest BCUT2D eigenvalue weighted by Crippen LogP contribution is 2.26. The maximum atomic E-state index is 7.33. The number of aromatic nitrogens is 1. The third-order valence-corrected chi connectivity index (χ3v) is 2.86. The van der Waals surface area contributed by atoms with Crippen molar-refractivity contribution in [3.05, 3.63) is 58.4 Å². The van der Waals surface area contributed by atoms with Gasteiger partial charge >= 0.3 is 0 Å². The Hall–Kier alpha value is -2.07. The molecule has 1 heterocycles. The lowest BCUT2D eigenvalue weighted by molar-refractivity contribution is 0.306. The molecular formula is C14H14ClN3O. The fourth-order valence-corrected chi connectivity index (χ4v) is 1.88. The van der Waals surface area contributed by atoms with Crippen molar-refractivity contribution in [2.24, 2.45) is 5.73 Å². The summed E-state index contributed by atoms with van der Waals surface area (Å²) in [7, 11) is 0. The van der Waals surface area contributed by atoms with Gasteiger partial charge in [0.15, 0.2) is 0 Å². The number of ether oxygens (including phenoxy) is 1. The molecule has 2 rings (SSSR count). The van der Waals surface area contributed by atoms with Crippen LogP contribution < -0.4 is 10.5 Å². The fraction of sp³-hybridized carbons (Fsp3) is 0.143. The SMILES string of the molecule is Cc1cncc(COc2ccc(C(=N)N)cc2Cl)c1. The first-order valence-corrected chi connectivity index (χ1v) is 6.11. The molecule has 0 saturated carbocycles. The number of nitrogens with zero attached hydrogens (tertiary/aromatic N) is 1. The Balaban J connectivity index is 2.10. The van der Waals surface area contributed by atoms with Crippen LogP contribution in [0.25, 0.3) is 0 Å². The van der Waals surface area contributed by atoms with Crippen molar-refractivity contribution in [1.29, 1.82) is 5.41 Å². The molecule has 0 bridgehead atoms. The van der Waals surface area contributed by atoms with Gasteiger partial charge in [-0.15, -0.1) is 0 Å². The Bertz CT molecular complexity index is 613. The maximum Gasteiger partial charge on any atom is 0.138 e. The molecule has 0 unspecified atom stereocenters. The lowest BCUT2D eigenvalue weighted by Gasteiger charge is -2.09. The maximum absolute atomic E-state index is 7.33. The quantitative estimate of drug-likeness (QED) is 0.666. The molecule has 0 saturated heterocycles. The first kappa shape index (κ1) is 13.4. The molecular weight excluding hydrogens is 262 g/mol. The molecule has 0 fully saturated rings. The van der Waals surface area contributed by atoms with E-state index in [0.29, 0.717) is 22.9 Å². The van der Waals surface area contributed by atoms with Gasteiger partial charge in [-0.2, -0.15) is 0 Å². The molecule has 0 aliphatic carbocycles. The molecule has 0 aliphatic heterocycles. The molecule has 0 spiro atoms. The summed E-state index contributed by atoms with van der Waals surface area (Å²) >= 11 is 6.08. The Kier molecular flexibility index (Phi) is 4.02. The standard InChI is InChI=1S/C14H14ClN3O/c1-9-4-10(7-18-6-9)8-19-13-3-2-11(14(16)17)5-12(13)15/h2-7H,8H2,1H3,(H3,16,17). The zero-order valence-electron chi connectivity index (χ0n) is 10.5. The first-order chi connectivity index (χ1) is 9.06. The highest BCUT2D eigenvalue weighted by atomic mass is 35.5. The number of halogens is 1. The van der Waals surface area contributed by atoms with Crippen molar-refractivity contribution in [1.82, 2.24) is 4.98 Å². The first-order valence-electron chi connectivity index (χ1n) is 5.73. The van der Waals surface area contributed by atoms with E-state index in [-0.39, 0.29) is 5.84 Å². The van der Waals surface area contributed by atoms with Gasteiger partial charge in [-0.25, -0.2) is 0 Å². The van der Waals surface area contributed by atoms with Gasteiger partial charge in [0.05, 0.1) is 5.02 Å². The van der Waals surface area contributed by atoms with E-state index in [1.165, 1.54) is 0 Å². The normalized spacial score (nSPS) is 10.2. The second-order valence-electron chi connectivity index (χ2n) is 4.22. The van der Waals surface area contributed by atoms with Crippen LogP contribution in [-0.4, -0.2) is 10.8 Å². The zero-order chi connectivity index (χ0) is 13.8. The van der Waals surface area contributed by atoms with Gasteiger partial charge in [0, 0.05) is 23.5 Å². The molecule has 3 N–H and O–H groups in total. The second kappa shape index (κ2) is 5.71. The summed E-state index contributed by atoms with van der Waals surface area (Å²) in [6.45, 7) is 2.37. The van der Waals surface area contributed by atoms with E-state index in [2.05, 4.69) is 4.98 Å². The van der Waals surface area contributed by atoms with Crippen molar-refractivity contribution in [2.45, 2.75) is 13.5 Å². The molecule has 98 valence electrons. The van der Waals surface area contributed by atoms with Gasteiger partial charge < -0.3 is 10.5 Å². The summed E-state index contributed by atoms with van der Waals surface area (Å²) in [4.78, 5) is 4.10. The number of rotatable bonds is 4. The van der Waals surface area contributed by atoms with Gasteiger partial charge in [0.2, 0.25) is 0 Å². The van der Waals surface area contributed by atoms with Crippen LogP contribution in [0.4, 0.5) is 0 Å². The summed E-state index contributed by atoms with van der Waals surface area (Å²) < 4.78 is 5.63. The molecule has 5 heteroatoms. The minimum atomic E-state index is -0.0173. The van der Waals surface area contributed by atoms with Crippen LogP contribution in [0.1, 0.15) is 16.7 Å². The lowest BCUT2D eigenvalue weighted by atomic mass is 10.2. The van der Waals surface area contributed by atoms with Crippen molar-refractivity contribution < 1.29 is 4.74 Å². The highest BCUT2D eigenvalue weighted by Gasteiger charge is 2.05. The van der Waals surface area contributed by atoms with Crippen molar-refractivity contribution in [3.63, 3.8) is 0 Å². The molecule has 0 aliphatic rings. The van der Waals surface area contributed by atoms with Crippen molar-refractivity contribution in [2.75, 3.05) is 0 Å². The lowest BCUT2D eigenvalue weighted by Crippen LogP contribution is -2.10. The number of hydrogen-bond acceptors (Lipinski definition) is 3. The van der Waals surface area contributed by atoms with E-state index in [4.69, 9.17) is 27.5 Å². The third kappa shape index (κ3) is 3.45. The number of benzene rings is 1. The number of aryl methyl sites for hydroxylation is 1. The number of nitrogens with two attached hydrogens (primary N) is 1. The van der Waals surface area contributed by atoms with E-state index >= 15 is 0 Å². The number of nitrogen functional groups attached to an aromatic ring is 1. The smallest absolute Gasteiger partial charge is 0.138 e. The largest absolute Gasteiger partial charge is 0.487 e. The van der Waals surface area contributed by atoms with E-state index in [1.54, 1.807) is 30.6 Å². The van der Waals surface area contributed by atoms with E-state index in [1.807, 2.05) is 13.0 Å². The second-order valence-corrected chi connectivity index (χ2v) is 4.63. The van der Waals surface area contributed by atoms with E-state index in [0.717, 1.165) is 11.1 Å². The monoisotopic (exact) mass is 275 g/mol. The number of nitrogens with one attached hydrogen (secondary N) is 1.